The predicted octanol–water partition coefficient (Wildman–Crippen LogP) is 0.942. The molecule has 1 atom stereocenters. The molecule has 2 rings (SSSR count). The number of rotatable bonds is 4. The number of aliphatic hydroxyl groups is 1. The van der Waals surface area contributed by atoms with E-state index in [4.69, 9.17) is 9.84 Å². The van der Waals surface area contributed by atoms with Crippen molar-refractivity contribution in [2.75, 3.05) is 19.8 Å². The van der Waals surface area contributed by atoms with Crippen LogP contribution in [0.15, 0.2) is 12.1 Å². The van der Waals surface area contributed by atoms with Gasteiger partial charge in [-0.25, -0.2) is 8.78 Å². The Morgan fingerprint density at radius 2 is 2.20 bits per heavy atom. The summed E-state index contributed by atoms with van der Waals surface area (Å²) in [4.78, 5) is 12.1. The molecule has 5 nitrogen and oxygen atoms in total. The van der Waals surface area contributed by atoms with E-state index in [0.29, 0.717) is 19.1 Å². The first-order valence-electron chi connectivity index (χ1n) is 6.16. The maximum Gasteiger partial charge on any atom is 0.255 e. The van der Waals surface area contributed by atoms with Gasteiger partial charge in [-0.1, -0.05) is 0 Å². The fourth-order valence-corrected chi connectivity index (χ4v) is 2.23. The number of ether oxygens (including phenoxy) is 1. The lowest BCUT2D eigenvalue weighted by molar-refractivity contribution is 0.0846. The van der Waals surface area contributed by atoms with Gasteiger partial charge in [-0.15, -0.1) is 0 Å². The molecule has 20 heavy (non-hydrogen) atoms. The molecule has 3 N–H and O–H groups in total. The van der Waals surface area contributed by atoms with Crippen molar-refractivity contribution in [3.05, 3.63) is 29.3 Å². The van der Waals surface area contributed by atoms with E-state index in [-0.39, 0.29) is 19.6 Å². The fourth-order valence-electron chi connectivity index (χ4n) is 2.23. The van der Waals surface area contributed by atoms with Gasteiger partial charge in [-0.05, 0) is 18.9 Å². The zero-order chi connectivity index (χ0) is 14.8. The highest BCUT2D eigenvalue weighted by Crippen LogP contribution is 2.26. The summed E-state index contributed by atoms with van der Waals surface area (Å²) in [6.45, 7) is 0.467. The van der Waals surface area contributed by atoms with Gasteiger partial charge in [0.05, 0.1) is 17.7 Å². The molecule has 7 heteroatoms. The monoisotopic (exact) mass is 287 g/mol. The Labute approximate surface area is 114 Å². The number of carbonyl (C=O) groups excluding carboxylic acids is 1. The highest BCUT2D eigenvalue weighted by molar-refractivity contribution is 5.97. The van der Waals surface area contributed by atoms with Crippen molar-refractivity contribution in [1.82, 2.24) is 5.32 Å². The molecule has 1 aliphatic heterocycles. The molecule has 1 amide bonds. The van der Waals surface area contributed by atoms with Gasteiger partial charge in [0.15, 0.2) is 11.6 Å². The summed E-state index contributed by atoms with van der Waals surface area (Å²) < 4.78 is 31.5. The van der Waals surface area contributed by atoms with Crippen LogP contribution in [0.2, 0.25) is 0 Å². The second-order valence-corrected chi connectivity index (χ2v) is 4.79. The molecule has 1 heterocycles. The van der Waals surface area contributed by atoms with Crippen LogP contribution in [0.5, 0.6) is 5.75 Å². The van der Waals surface area contributed by atoms with Gasteiger partial charge in [0.1, 0.15) is 5.82 Å². The lowest BCUT2D eigenvalue weighted by Crippen LogP contribution is -2.49. The summed E-state index contributed by atoms with van der Waals surface area (Å²) in [6.07, 6.45) is 0.745. The molecular formula is C13H15F2NO4. The highest BCUT2D eigenvalue weighted by Gasteiger charge is 2.36. The van der Waals surface area contributed by atoms with E-state index in [9.17, 15) is 18.7 Å². The third-order valence-electron chi connectivity index (χ3n) is 3.35. The molecule has 1 fully saturated rings. The number of nitrogens with one attached hydrogen (secondary N) is 1. The molecular weight excluding hydrogens is 272 g/mol. The van der Waals surface area contributed by atoms with Crippen LogP contribution in [0.4, 0.5) is 8.78 Å². The van der Waals surface area contributed by atoms with Crippen LogP contribution in [-0.2, 0) is 4.74 Å². The van der Waals surface area contributed by atoms with E-state index < -0.39 is 34.4 Å². The molecule has 1 unspecified atom stereocenters. The standard InChI is InChI=1S/C13H15F2NO4/c14-8-5-9(11(18)10(15)6-8)12(19)16-13(1-3-17)2-4-20-7-13/h5-6,17-18H,1-4,7H2,(H,16,19). The Bertz CT molecular complexity index is 515. The van der Waals surface area contributed by atoms with Gasteiger partial charge in [0.25, 0.3) is 5.91 Å². The highest BCUT2D eigenvalue weighted by atomic mass is 19.1. The third kappa shape index (κ3) is 2.88. The van der Waals surface area contributed by atoms with Gasteiger partial charge in [0.2, 0.25) is 0 Å². The molecule has 1 saturated heterocycles. The Morgan fingerprint density at radius 1 is 1.45 bits per heavy atom. The maximum absolute atomic E-state index is 13.2. The van der Waals surface area contributed by atoms with E-state index in [0.717, 1.165) is 6.07 Å². The molecule has 0 radical (unpaired) electrons. The van der Waals surface area contributed by atoms with Gasteiger partial charge in [-0.2, -0.15) is 0 Å². The molecule has 0 aliphatic carbocycles. The first-order chi connectivity index (χ1) is 9.47. The van der Waals surface area contributed by atoms with E-state index >= 15 is 0 Å². The summed E-state index contributed by atoms with van der Waals surface area (Å²) in [7, 11) is 0. The summed E-state index contributed by atoms with van der Waals surface area (Å²) in [5.41, 5.74) is -1.26. The van der Waals surface area contributed by atoms with Crippen LogP contribution in [0, 0.1) is 11.6 Å². The second kappa shape index (κ2) is 5.72. The third-order valence-corrected chi connectivity index (χ3v) is 3.35. The summed E-state index contributed by atoms with van der Waals surface area (Å²) in [5.74, 6) is -3.86. The number of hydrogen-bond donors (Lipinski definition) is 3. The lowest BCUT2D eigenvalue weighted by atomic mass is 9.94. The van der Waals surface area contributed by atoms with Gasteiger partial charge in [-0.3, -0.25) is 4.79 Å². The van der Waals surface area contributed by atoms with Crippen LogP contribution < -0.4 is 5.32 Å². The van der Waals surface area contributed by atoms with E-state index in [2.05, 4.69) is 5.32 Å². The topological polar surface area (TPSA) is 78.8 Å². The molecule has 1 aliphatic rings. The number of aromatic hydroxyl groups is 1. The molecule has 0 spiro atoms. The zero-order valence-corrected chi connectivity index (χ0v) is 10.7. The largest absolute Gasteiger partial charge is 0.504 e. The predicted molar refractivity (Wildman–Crippen MR) is 65.4 cm³/mol. The molecule has 1 aromatic carbocycles. The van der Waals surface area contributed by atoms with Crippen LogP contribution in [0.25, 0.3) is 0 Å². The Balaban J connectivity index is 2.23. The summed E-state index contributed by atoms with van der Waals surface area (Å²) in [5, 5.41) is 21.1. The van der Waals surface area contributed by atoms with Gasteiger partial charge in [0, 0.05) is 19.3 Å². The van der Waals surface area contributed by atoms with Crippen molar-refractivity contribution in [2.45, 2.75) is 18.4 Å². The van der Waals surface area contributed by atoms with Crippen LogP contribution in [-0.4, -0.2) is 41.5 Å². The second-order valence-electron chi connectivity index (χ2n) is 4.79. The van der Waals surface area contributed by atoms with Gasteiger partial charge >= 0.3 is 0 Å². The van der Waals surface area contributed by atoms with E-state index in [1.165, 1.54) is 0 Å². The van der Waals surface area contributed by atoms with Gasteiger partial charge < -0.3 is 20.3 Å². The van der Waals surface area contributed by atoms with Crippen molar-refractivity contribution in [2.24, 2.45) is 0 Å². The number of halogens is 2. The average molecular weight is 287 g/mol. The number of amides is 1. The number of hydrogen-bond acceptors (Lipinski definition) is 4. The van der Waals surface area contributed by atoms with Crippen molar-refractivity contribution < 1.29 is 28.5 Å². The zero-order valence-electron chi connectivity index (χ0n) is 10.7. The molecule has 110 valence electrons. The number of phenols is 1. The minimum absolute atomic E-state index is 0.160. The van der Waals surface area contributed by atoms with Crippen LogP contribution >= 0.6 is 0 Å². The number of phenolic OH excluding ortho intramolecular Hbond substituents is 1. The number of carbonyl (C=O) groups is 1. The average Bonchev–Trinajstić information content (AvgIpc) is 2.82. The number of aliphatic hydroxyl groups excluding tert-OH is 1. The van der Waals surface area contributed by atoms with E-state index in [1.54, 1.807) is 0 Å². The Hall–Kier alpha value is -1.73. The minimum Gasteiger partial charge on any atom is -0.504 e. The van der Waals surface area contributed by atoms with E-state index in [1.807, 2.05) is 0 Å². The van der Waals surface area contributed by atoms with Crippen molar-refractivity contribution >= 4 is 5.91 Å². The smallest absolute Gasteiger partial charge is 0.255 e. The molecule has 0 aromatic heterocycles. The first kappa shape index (κ1) is 14.7. The first-order valence-corrected chi connectivity index (χ1v) is 6.16. The summed E-state index contributed by atoms with van der Waals surface area (Å²) >= 11 is 0. The fraction of sp³-hybridized carbons (Fsp3) is 0.462. The molecule has 0 bridgehead atoms. The van der Waals surface area contributed by atoms with Crippen molar-refractivity contribution in [3.63, 3.8) is 0 Å². The van der Waals surface area contributed by atoms with Crippen molar-refractivity contribution in [3.8, 4) is 5.75 Å². The van der Waals surface area contributed by atoms with Crippen LogP contribution in [0.1, 0.15) is 23.2 Å². The van der Waals surface area contributed by atoms with Crippen LogP contribution in [0.3, 0.4) is 0 Å². The minimum atomic E-state index is -1.20. The Kier molecular flexibility index (Phi) is 4.20. The normalized spacial score (nSPS) is 21.9. The number of benzene rings is 1. The SMILES string of the molecule is O=C(NC1(CCO)CCOC1)c1cc(F)cc(F)c1O. The maximum atomic E-state index is 13.2. The molecule has 0 saturated carbocycles. The quantitative estimate of drug-likeness (QED) is 0.770. The van der Waals surface area contributed by atoms with Crippen molar-refractivity contribution in [1.29, 1.82) is 0 Å². The lowest BCUT2D eigenvalue weighted by Gasteiger charge is -2.28. The summed E-state index contributed by atoms with van der Waals surface area (Å²) in [6, 6.07) is 1.25. The Morgan fingerprint density at radius 3 is 2.80 bits per heavy atom. The molecule has 1 aromatic rings.